The molecule has 4 heteroatoms. The van der Waals surface area contributed by atoms with Crippen LogP contribution >= 0.6 is 0 Å². The number of hydrogen-bond acceptors (Lipinski definition) is 4. The fourth-order valence-corrected chi connectivity index (χ4v) is 5.53. The number of fused-ring (bicyclic) bond motifs is 1. The minimum Gasteiger partial charge on any atom is -0.466 e. The average molecular weight is 342 g/mol. The fourth-order valence-electron chi connectivity index (χ4n) is 5.53. The molecule has 1 aromatic carbocycles. The molecule has 0 N–H and O–H groups in total. The first kappa shape index (κ1) is 17.0. The lowest BCUT2D eigenvalue weighted by Gasteiger charge is -2.53. The number of ether oxygens (including phenoxy) is 1. The number of esters is 1. The number of nitrogens with zero attached hydrogens (tertiary/aromatic N) is 2. The predicted molar refractivity (Wildman–Crippen MR) is 98.0 cm³/mol. The zero-order valence-electron chi connectivity index (χ0n) is 15.4. The number of rotatable bonds is 5. The average Bonchev–Trinajstić information content (AvgIpc) is 3.19. The lowest BCUT2D eigenvalue weighted by molar-refractivity contribution is -0.149. The largest absolute Gasteiger partial charge is 0.466 e. The van der Waals surface area contributed by atoms with Crippen LogP contribution in [0.5, 0.6) is 0 Å². The molecule has 4 nitrogen and oxygen atoms in total. The van der Waals surface area contributed by atoms with Gasteiger partial charge in [-0.1, -0.05) is 30.3 Å². The summed E-state index contributed by atoms with van der Waals surface area (Å²) in [6.07, 6.45) is 2.63. The molecule has 2 aliphatic heterocycles. The molecule has 0 aromatic heterocycles. The Labute approximate surface area is 151 Å². The minimum atomic E-state index is -0.143. The molecule has 1 aromatic rings. The maximum Gasteiger partial charge on any atom is 0.302 e. The summed E-state index contributed by atoms with van der Waals surface area (Å²) in [4.78, 5) is 16.7. The molecule has 1 aliphatic carbocycles. The zero-order chi connectivity index (χ0) is 17.4. The van der Waals surface area contributed by atoms with E-state index in [1.165, 1.54) is 38.4 Å². The van der Waals surface area contributed by atoms with Crippen LogP contribution in [0.2, 0.25) is 0 Å². The normalized spacial score (nSPS) is 35.4. The monoisotopic (exact) mass is 342 g/mol. The molecule has 0 radical (unpaired) electrons. The van der Waals surface area contributed by atoms with E-state index in [9.17, 15) is 4.79 Å². The molecule has 3 fully saturated rings. The van der Waals surface area contributed by atoms with Crippen LogP contribution in [0.4, 0.5) is 0 Å². The van der Waals surface area contributed by atoms with Crippen molar-refractivity contribution < 1.29 is 9.53 Å². The quantitative estimate of drug-likeness (QED) is 0.771. The van der Waals surface area contributed by atoms with Crippen molar-refractivity contribution in [3.05, 3.63) is 35.9 Å². The second-order valence-electron chi connectivity index (χ2n) is 8.10. The highest BCUT2D eigenvalue weighted by Gasteiger charge is 2.59. The highest BCUT2D eigenvalue weighted by Crippen LogP contribution is 2.52. The fraction of sp³-hybridized carbons (Fsp3) is 0.667. The van der Waals surface area contributed by atoms with Gasteiger partial charge in [0, 0.05) is 38.0 Å². The van der Waals surface area contributed by atoms with Gasteiger partial charge in [-0.2, -0.15) is 0 Å². The molecule has 25 heavy (non-hydrogen) atoms. The Kier molecular flexibility index (Phi) is 4.83. The molecule has 0 spiro atoms. The molecule has 4 rings (SSSR count). The highest BCUT2D eigenvalue weighted by atomic mass is 16.5. The van der Waals surface area contributed by atoms with E-state index in [0.29, 0.717) is 30.5 Å². The van der Waals surface area contributed by atoms with Crippen molar-refractivity contribution >= 4 is 5.97 Å². The molecule has 0 amide bonds. The predicted octanol–water partition coefficient (Wildman–Crippen LogP) is 2.78. The van der Waals surface area contributed by atoms with Crippen LogP contribution in [0.3, 0.4) is 0 Å². The van der Waals surface area contributed by atoms with E-state index in [2.05, 4.69) is 47.1 Å². The van der Waals surface area contributed by atoms with E-state index < -0.39 is 0 Å². The summed E-state index contributed by atoms with van der Waals surface area (Å²) in [6, 6.07) is 12.0. The Bertz CT molecular complexity index is 599. The van der Waals surface area contributed by atoms with Crippen LogP contribution in [0, 0.1) is 17.8 Å². The molecule has 136 valence electrons. The van der Waals surface area contributed by atoms with Gasteiger partial charge < -0.3 is 4.74 Å². The van der Waals surface area contributed by atoms with E-state index in [1.807, 2.05) is 0 Å². The van der Waals surface area contributed by atoms with Crippen LogP contribution in [-0.2, 0) is 16.1 Å². The molecule has 0 bridgehead atoms. The van der Waals surface area contributed by atoms with Gasteiger partial charge in [-0.15, -0.1) is 0 Å². The summed E-state index contributed by atoms with van der Waals surface area (Å²) in [5.41, 5.74) is 1.39. The number of likely N-dealkylation sites (tertiary alicyclic amines) is 2. The van der Waals surface area contributed by atoms with Crippen LogP contribution in [0.1, 0.15) is 32.3 Å². The first-order valence-electron chi connectivity index (χ1n) is 9.80. The van der Waals surface area contributed by atoms with E-state index in [4.69, 9.17) is 4.74 Å². The summed E-state index contributed by atoms with van der Waals surface area (Å²) in [5, 5.41) is 0. The van der Waals surface area contributed by atoms with Gasteiger partial charge in [0.15, 0.2) is 0 Å². The molecule has 5 atom stereocenters. The van der Waals surface area contributed by atoms with Crippen molar-refractivity contribution in [3.63, 3.8) is 0 Å². The molecule has 0 unspecified atom stereocenters. The van der Waals surface area contributed by atoms with E-state index >= 15 is 0 Å². The highest BCUT2D eigenvalue weighted by molar-refractivity contribution is 5.65. The maximum atomic E-state index is 11.3. The van der Waals surface area contributed by atoms with E-state index in [0.717, 1.165) is 19.0 Å². The molecule has 1 saturated carbocycles. The zero-order valence-corrected chi connectivity index (χ0v) is 15.4. The Morgan fingerprint density at radius 3 is 2.60 bits per heavy atom. The lowest BCUT2D eigenvalue weighted by atomic mass is 9.60. The Balaban J connectivity index is 1.48. The van der Waals surface area contributed by atoms with E-state index in [-0.39, 0.29) is 5.97 Å². The summed E-state index contributed by atoms with van der Waals surface area (Å²) in [6.45, 7) is 9.13. The number of hydrogen-bond donors (Lipinski definition) is 0. The van der Waals surface area contributed by atoms with Crippen molar-refractivity contribution in [3.8, 4) is 0 Å². The number of benzene rings is 1. The lowest BCUT2D eigenvalue weighted by Crippen LogP contribution is -2.61. The van der Waals surface area contributed by atoms with Gasteiger partial charge in [-0.05, 0) is 50.3 Å². The Hall–Kier alpha value is -1.39. The van der Waals surface area contributed by atoms with E-state index in [1.54, 1.807) is 0 Å². The summed E-state index contributed by atoms with van der Waals surface area (Å²) in [5.74, 6) is 1.76. The second-order valence-corrected chi connectivity index (χ2v) is 8.10. The third-order valence-electron chi connectivity index (χ3n) is 6.73. The smallest absolute Gasteiger partial charge is 0.302 e. The third-order valence-corrected chi connectivity index (χ3v) is 6.73. The van der Waals surface area contributed by atoms with Gasteiger partial charge in [0.1, 0.15) is 0 Å². The summed E-state index contributed by atoms with van der Waals surface area (Å²) in [7, 11) is 0. The molecule has 3 aliphatic rings. The summed E-state index contributed by atoms with van der Waals surface area (Å²) >= 11 is 0. The number of carbonyl (C=O) groups excluding carboxylic acids is 1. The van der Waals surface area contributed by atoms with Gasteiger partial charge in [-0.3, -0.25) is 14.6 Å². The van der Waals surface area contributed by atoms with Crippen LogP contribution in [-0.4, -0.2) is 54.1 Å². The van der Waals surface area contributed by atoms with Gasteiger partial charge in [0.25, 0.3) is 0 Å². The molecule has 2 saturated heterocycles. The topological polar surface area (TPSA) is 32.8 Å². The Morgan fingerprint density at radius 2 is 1.92 bits per heavy atom. The summed E-state index contributed by atoms with van der Waals surface area (Å²) < 4.78 is 5.45. The molecular weight excluding hydrogens is 312 g/mol. The van der Waals surface area contributed by atoms with Crippen LogP contribution < -0.4 is 0 Å². The van der Waals surface area contributed by atoms with Gasteiger partial charge in [0.05, 0.1) is 6.61 Å². The molecule has 2 heterocycles. The van der Waals surface area contributed by atoms with Crippen molar-refractivity contribution in [2.45, 2.75) is 45.3 Å². The second kappa shape index (κ2) is 7.08. The van der Waals surface area contributed by atoms with Crippen LogP contribution in [0.15, 0.2) is 30.3 Å². The van der Waals surface area contributed by atoms with Crippen molar-refractivity contribution in [1.29, 1.82) is 0 Å². The number of carbonyl (C=O) groups is 1. The van der Waals surface area contributed by atoms with Gasteiger partial charge in [-0.25, -0.2) is 0 Å². The van der Waals surface area contributed by atoms with Crippen molar-refractivity contribution in [2.75, 3.05) is 26.2 Å². The van der Waals surface area contributed by atoms with Gasteiger partial charge in [0.2, 0.25) is 0 Å². The molecular formula is C21H30N2O2. The van der Waals surface area contributed by atoms with Gasteiger partial charge >= 0.3 is 5.97 Å². The first-order chi connectivity index (χ1) is 12.1. The Morgan fingerprint density at radius 1 is 1.20 bits per heavy atom. The van der Waals surface area contributed by atoms with Crippen molar-refractivity contribution in [1.82, 2.24) is 9.80 Å². The maximum absolute atomic E-state index is 11.3. The minimum absolute atomic E-state index is 0.143. The van der Waals surface area contributed by atoms with Crippen molar-refractivity contribution in [2.24, 2.45) is 17.8 Å². The first-order valence-corrected chi connectivity index (χ1v) is 9.80. The SMILES string of the molecule is CC(=O)OC[C@@H]1[C@@H]2CN(Cc3ccccc3)[C@@H](C)[C@@H]2[C@H]1N1CCCC1. The van der Waals surface area contributed by atoms with Crippen LogP contribution in [0.25, 0.3) is 0 Å². The third kappa shape index (κ3) is 3.22. The standard InChI is InChI=1S/C21H30N2O2/c1-15-20-18(13-23(15)12-17-8-4-3-5-9-17)19(14-25-16(2)24)21(20)22-10-6-7-11-22/h3-5,8-9,15,18-21H,6-7,10-14H2,1-2H3/t15-,18-,19+,20-,21-/m0/s1.